The fourth-order valence-corrected chi connectivity index (χ4v) is 1.72. The lowest BCUT2D eigenvalue weighted by Gasteiger charge is -2.17. The van der Waals surface area contributed by atoms with Crippen molar-refractivity contribution < 1.29 is 17.9 Å². The van der Waals surface area contributed by atoms with E-state index in [-0.39, 0.29) is 6.61 Å². The van der Waals surface area contributed by atoms with Crippen LogP contribution in [0.2, 0.25) is 0 Å². The monoisotopic (exact) mass is 225 g/mol. The second-order valence-corrected chi connectivity index (χ2v) is 3.99. The van der Waals surface area contributed by atoms with E-state index in [0.717, 1.165) is 19.8 Å². The van der Waals surface area contributed by atoms with E-state index in [1.54, 1.807) is 0 Å². The number of hydrogen-bond acceptors (Lipinski definition) is 2. The van der Waals surface area contributed by atoms with Crippen LogP contribution in [0.25, 0.3) is 0 Å². The lowest BCUT2D eigenvalue weighted by atomic mass is 10.2. The third-order valence-corrected chi connectivity index (χ3v) is 2.72. The molecule has 1 N–H and O–H groups in total. The number of ether oxygens (including phenoxy) is 1. The van der Waals surface area contributed by atoms with Gasteiger partial charge in [0.05, 0.1) is 6.61 Å². The van der Waals surface area contributed by atoms with Crippen molar-refractivity contribution in [3.63, 3.8) is 0 Å². The van der Waals surface area contributed by atoms with Crippen molar-refractivity contribution in [2.75, 3.05) is 13.2 Å². The maximum atomic E-state index is 12.0. The van der Waals surface area contributed by atoms with Crippen LogP contribution in [-0.4, -0.2) is 31.5 Å². The van der Waals surface area contributed by atoms with Gasteiger partial charge in [-0.1, -0.05) is 12.8 Å². The topological polar surface area (TPSA) is 21.3 Å². The van der Waals surface area contributed by atoms with E-state index in [1.807, 2.05) is 0 Å². The van der Waals surface area contributed by atoms with E-state index in [1.165, 1.54) is 12.8 Å². The van der Waals surface area contributed by atoms with Gasteiger partial charge in [-0.25, -0.2) is 0 Å². The average Bonchev–Trinajstić information content (AvgIpc) is 2.63. The van der Waals surface area contributed by atoms with Crippen LogP contribution in [0.1, 0.15) is 32.6 Å². The zero-order valence-electron chi connectivity index (χ0n) is 8.94. The molecule has 1 saturated carbocycles. The van der Waals surface area contributed by atoms with E-state index in [0.29, 0.717) is 12.6 Å². The Balaban J connectivity index is 2.01. The van der Waals surface area contributed by atoms with Gasteiger partial charge in [-0.15, -0.1) is 0 Å². The van der Waals surface area contributed by atoms with Crippen LogP contribution >= 0.6 is 0 Å². The summed E-state index contributed by atoms with van der Waals surface area (Å²) < 4.78 is 40.8. The molecule has 0 amide bonds. The second kappa shape index (κ2) is 5.70. The first kappa shape index (κ1) is 12.8. The van der Waals surface area contributed by atoms with Gasteiger partial charge < -0.3 is 10.1 Å². The van der Waals surface area contributed by atoms with Crippen molar-refractivity contribution >= 4 is 0 Å². The predicted octanol–water partition coefficient (Wildman–Crippen LogP) is 2.49. The van der Waals surface area contributed by atoms with Gasteiger partial charge in [0.25, 0.3) is 0 Å². The number of halogens is 3. The summed E-state index contributed by atoms with van der Waals surface area (Å²) in [6, 6.07) is 0.481. The van der Waals surface area contributed by atoms with Crippen LogP contribution in [0, 0.1) is 0 Å². The Morgan fingerprint density at radius 3 is 2.47 bits per heavy atom. The Labute approximate surface area is 88.2 Å². The third-order valence-electron chi connectivity index (χ3n) is 2.72. The molecule has 1 rings (SSSR count). The largest absolute Gasteiger partial charge is 0.414 e. The van der Waals surface area contributed by atoms with Crippen LogP contribution in [0.3, 0.4) is 0 Å². The SMILES string of the molecule is CC(OCCNC1CCCC1)C(F)(F)F. The summed E-state index contributed by atoms with van der Waals surface area (Å²) in [5.41, 5.74) is 0. The highest BCUT2D eigenvalue weighted by Gasteiger charge is 2.36. The molecule has 1 aliphatic rings. The van der Waals surface area contributed by atoms with Crippen LogP contribution in [0.15, 0.2) is 0 Å². The van der Waals surface area contributed by atoms with Gasteiger partial charge in [0.15, 0.2) is 6.10 Å². The number of rotatable bonds is 5. The second-order valence-electron chi connectivity index (χ2n) is 3.99. The Morgan fingerprint density at radius 1 is 1.33 bits per heavy atom. The summed E-state index contributed by atoms with van der Waals surface area (Å²) in [7, 11) is 0. The maximum absolute atomic E-state index is 12.0. The van der Waals surface area contributed by atoms with Gasteiger partial charge >= 0.3 is 6.18 Å². The normalized spacial score (nSPS) is 20.8. The van der Waals surface area contributed by atoms with E-state index >= 15 is 0 Å². The predicted molar refractivity (Wildman–Crippen MR) is 51.7 cm³/mol. The molecule has 1 fully saturated rings. The molecule has 0 aromatic rings. The first-order valence-corrected chi connectivity index (χ1v) is 5.42. The Hall–Kier alpha value is -0.290. The summed E-state index contributed by atoms with van der Waals surface area (Å²) in [5, 5.41) is 3.20. The molecule has 0 spiro atoms. The maximum Gasteiger partial charge on any atom is 0.414 e. The molecule has 0 saturated heterocycles. The summed E-state index contributed by atoms with van der Waals surface area (Å²) >= 11 is 0. The third kappa shape index (κ3) is 4.84. The first-order valence-electron chi connectivity index (χ1n) is 5.42. The molecule has 90 valence electrons. The Bertz CT molecular complexity index is 178. The molecule has 0 aromatic carbocycles. The van der Waals surface area contributed by atoms with Gasteiger partial charge in [-0.3, -0.25) is 0 Å². The Morgan fingerprint density at radius 2 is 1.93 bits per heavy atom. The molecule has 0 heterocycles. The number of nitrogens with one attached hydrogen (secondary N) is 1. The summed E-state index contributed by atoms with van der Waals surface area (Å²) in [6.07, 6.45) is -1.20. The van der Waals surface area contributed by atoms with Crippen molar-refractivity contribution in [1.29, 1.82) is 0 Å². The molecular weight excluding hydrogens is 207 g/mol. The van der Waals surface area contributed by atoms with Crippen molar-refractivity contribution in [3.8, 4) is 0 Å². The first-order chi connectivity index (χ1) is 7.00. The van der Waals surface area contributed by atoms with E-state index < -0.39 is 12.3 Å². The van der Waals surface area contributed by atoms with Crippen molar-refractivity contribution in [1.82, 2.24) is 5.32 Å². The molecule has 1 unspecified atom stereocenters. The molecular formula is C10H18F3NO. The van der Waals surface area contributed by atoms with Gasteiger partial charge in [-0.2, -0.15) is 13.2 Å². The van der Waals surface area contributed by atoms with Crippen molar-refractivity contribution in [2.24, 2.45) is 0 Å². The molecule has 0 aliphatic heterocycles. The minimum Gasteiger partial charge on any atom is -0.368 e. The molecule has 1 atom stereocenters. The fraction of sp³-hybridized carbons (Fsp3) is 1.00. The lowest BCUT2D eigenvalue weighted by molar-refractivity contribution is -0.213. The smallest absolute Gasteiger partial charge is 0.368 e. The van der Waals surface area contributed by atoms with Gasteiger partial charge in [0.1, 0.15) is 0 Å². The van der Waals surface area contributed by atoms with Gasteiger partial charge in [0.2, 0.25) is 0 Å². The lowest BCUT2D eigenvalue weighted by Crippen LogP contribution is -2.34. The van der Waals surface area contributed by atoms with E-state index in [4.69, 9.17) is 0 Å². The summed E-state index contributed by atoms with van der Waals surface area (Å²) in [4.78, 5) is 0. The van der Waals surface area contributed by atoms with E-state index in [9.17, 15) is 13.2 Å². The molecule has 0 radical (unpaired) electrons. The van der Waals surface area contributed by atoms with Crippen molar-refractivity contribution in [3.05, 3.63) is 0 Å². The minimum absolute atomic E-state index is 0.122. The minimum atomic E-state index is -4.24. The molecule has 15 heavy (non-hydrogen) atoms. The summed E-state index contributed by atoms with van der Waals surface area (Å²) in [5.74, 6) is 0. The quantitative estimate of drug-likeness (QED) is 0.726. The Kier molecular flexibility index (Phi) is 4.86. The van der Waals surface area contributed by atoms with Crippen LogP contribution in [-0.2, 0) is 4.74 Å². The van der Waals surface area contributed by atoms with Crippen molar-refractivity contribution in [2.45, 2.75) is 50.9 Å². The van der Waals surface area contributed by atoms with Crippen LogP contribution in [0.4, 0.5) is 13.2 Å². The van der Waals surface area contributed by atoms with Gasteiger partial charge in [-0.05, 0) is 19.8 Å². The molecule has 2 nitrogen and oxygen atoms in total. The standard InChI is InChI=1S/C10H18F3NO/c1-8(10(11,12)13)15-7-6-14-9-4-2-3-5-9/h8-9,14H,2-7H2,1H3. The highest BCUT2D eigenvalue weighted by molar-refractivity contribution is 4.73. The van der Waals surface area contributed by atoms with E-state index in [2.05, 4.69) is 10.1 Å². The van der Waals surface area contributed by atoms with Gasteiger partial charge in [0, 0.05) is 12.6 Å². The molecule has 0 bridgehead atoms. The molecule has 1 aliphatic carbocycles. The van der Waals surface area contributed by atoms with Crippen LogP contribution in [0.5, 0.6) is 0 Å². The number of hydrogen-bond donors (Lipinski definition) is 1. The average molecular weight is 225 g/mol. The molecule has 0 aromatic heterocycles. The zero-order chi connectivity index (χ0) is 11.3. The zero-order valence-corrected chi connectivity index (χ0v) is 8.94. The molecule has 5 heteroatoms. The highest BCUT2D eigenvalue weighted by Crippen LogP contribution is 2.22. The fourth-order valence-electron chi connectivity index (χ4n) is 1.72. The summed E-state index contributed by atoms with van der Waals surface area (Å²) in [6.45, 7) is 1.66. The van der Waals surface area contributed by atoms with Crippen LogP contribution < -0.4 is 5.32 Å². The highest BCUT2D eigenvalue weighted by atomic mass is 19.4. The number of alkyl halides is 3.